The number of hydrogen-bond acceptors (Lipinski definition) is 8. The van der Waals surface area contributed by atoms with Gasteiger partial charge in [0.1, 0.15) is 20.0 Å². The topological polar surface area (TPSA) is 112 Å². The van der Waals surface area contributed by atoms with Gasteiger partial charge in [0.25, 0.3) is 0 Å². The minimum absolute atomic E-state index is 0.0140. The van der Waals surface area contributed by atoms with Crippen LogP contribution >= 0.6 is 11.6 Å². The summed E-state index contributed by atoms with van der Waals surface area (Å²) >= 11 is 6.73. The Bertz CT molecular complexity index is 1510. The highest BCUT2D eigenvalue weighted by atomic mass is 35.5. The SMILES string of the molecule is BC(Nc1cc(C#N)c2ncc(C#N)c(NCC(C)(C)C)c2c1)(C1=CN(C2CC2)NN1)c1ccccc1Cl. The van der Waals surface area contributed by atoms with Crippen LogP contribution in [0.25, 0.3) is 10.9 Å². The third-order valence-corrected chi connectivity index (χ3v) is 7.21. The molecule has 1 unspecified atom stereocenters. The predicted octanol–water partition coefficient (Wildman–Crippen LogP) is 4.32. The number of fused-ring (bicyclic) bond motifs is 1. The number of nitrogens with one attached hydrogen (secondary N) is 4. The largest absolute Gasteiger partial charge is 0.383 e. The minimum atomic E-state index is -0.769. The summed E-state index contributed by atoms with van der Waals surface area (Å²) in [7, 11) is 2.06. The Kier molecular flexibility index (Phi) is 6.60. The summed E-state index contributed by atoms with van der Waals surface area (Å²) in [5.41, 5.74) is 10.4. The lowest BCUT2D eigenvalue weighted by Gasteiger charge is -2.34. The van der Waals surface area contributed by atoms with Gasteiger partial charge in [-0.3, -0.25) is 9.99 Å². The molecule has 1 aromatic heterocycles. The zero-order valence-electron chi connectivity index (χ0n) is 22.0. The highest BCUT2D eigenvalue weighted by molar-refractivity contribution is 6.33. The van der Waals surface area contributed by atoms with Gasteiger partial charge in [-0.1, -0.05) is 50.6 Å². The van der Waals surface area contributed by atoms with E-state index in [1.54, 1.807) is 6.07 Å². The van der Waals surface area contributed by atoms with Crippen LogP contribution in [0.2, 0.25) is 5.02 Å². The third kappa shape index (κ3) is 4.96. The first-order valence-corrected chi connectivity index (χ1v) is 13.1. The van der Waals surface area contributed by atoms with Crippen molar-refractivity contribution < 1.29 is 0 Å². The van der Waals surface area contributed by atoms with Gasteiger partial charge < -0.3 is 16.1 Å². The first-order valence-electron chi connectivity index (χ1n) is 12.7. The van der Waals surface area contributed by atoms with Crippen molar-refractivity contribution in [1.82, 2.24) is 21.0 Å². The summed E-state index contributed by atoms with van der Waals surface area (Å²) in [6, 6.07) is 16.5. The molecule has 0 saturated heterocycles. The van der Waals surface area contributed by atoms with Gasteiger partial charge in [0.15, 0.2) is 0 Å². The van der Waals surface area contributed by atoms with Gasteiger partial charge in [-0.25, -0.2) is 0 Å². The Balaban J connectivity index is 1.64. The van der Waals surface area contributed by atoms with Crippen molar-refractivity contribution in [2.24, 2.45) is 5.41 Å². The van der Waals surface area contributed by atoms with E-state index in [0.717, 1.165) is 24.1 Å². The zero-order valence-corrected chi connectivity index (χ0v) is 22.7. The van der Waals surface area contributed by atoms with E-state index in [2.05, 4.69) is 78.5 Å². The summed E-state index contributed by atoms with van der Waals surface area (Å²) in [5.74, 6) is 0. The van der Waals surface area contributed by atoms with E-state index < -0.39 is 5.44 Å². The predicted molar refractivity (Wildman–Crippen MR) is 154 cm³/mol. The molecule has 8 nitrogen and oxygen atoms in total. The van der Waals surface area contributed by atoms with Gasteiger partial charge in [-0.05, 0) is 42.0 Å². The summed E-state index contributed by atoms with van der Waals surface area (Å²) in [4.78, 5) is 4.48. The normalized spacial score (nSPS) is 16.7. The second-order valence-electron chi connectivity index (χ2n) is 11.3. The first-order chi connectivity index (χ1) is 18.1. The van der Waals surface area contributed by atoms with Gasteiger partial charge in [-0.15, -0.1) is 5.53 Å². The average molecular weight is 525 g/mol. The van der Waals surface area contributed by atoms with Crippen molar-refractivity contribution in [1.29, 1.82) is 10.5 Å². The monoisotopic (exact) mass is 524 g/mol. The molecule has 1 aliphatic heterocycles. The molecule has 2 aliphatic rings. The molecule has 2 heterocycles. The number of pyridine rings is 1. The lowest BCUT2D eigenvalue weighted by atomic mass is 9.69. The number of rotatable bonds is 7. The van der Waals surface area contributed by atoms with E-state index in [4.69, 9.17) is 11.6 Å². The highest BCUT2D eigenvalue weighted by Crippen LogP contribution is 2.39. The molecular weight excluding hydrogens is 495 g/mol. The van der Waals surface area contributed by atoms with E-state index in [-0.39, 0.29) is 5.41 Å². The van der Waals surface area contributed by atoms with E-state index in [9.17, 15) is 10.5 Å². The van der Waals surface area contributed by atoms with Crippen molar-refractivity contribution in [2.75, 3.05) is 17.2 Å². The molecule has 0 spiro atoms. The van der Waals surface area contributed by atoms with Crippen molar-refractivity contribution in [3.8, 4) is 12.1 Å². The molecule has 192 valence electrons. The van der Waals surface area contributed by atoms with Gasteiger partial charge in [0.2, 0.25) is 0 Å². The molecule has 3 aromatic rings. The van der Waals surface area contributed by atoms with Crippen LogP contribution in [0.15, 0.2) is 54.5 Å². The molecule has 2 aromatic carbocycles. The fourth-order valence-corrected chi connectivity index (χ4v) is 4.98. The van der Waals surface area contributed by atoms with Crippen LogP contribution in [0.4, 0.5) is 11.4 Å². The number of benzene rings is 2. The second-order valence-corrected chi connectivity index (χ2v) is 11.7. The summed E-state index contributed by atoms with van der Waals surface area (Å²) < 4.78 is 0. The zero-order chi connectivity index (χ0) is 27.1. The number of hydrazine groups is 2. The Labute approximate surface area is 229 Å². The number of nitrogens with zero attached hydrogens (tertiary/aromatic N) is 4. The van der Waals surface area contributed by atoms with Gasteiger partial charge >= 0.3 is 0 Å². The smallest absolute Gasteiger partial charge is 0.148 e. The van der Waals surface area contributed by atoms with E-state index >= 15 is 0 Å². The van der Waals surface area contributed by atoms with Gasteiger partial charge in [-0.2, -0.15) is 10.5 Å². The highest BCUT2D eigenvalue weighted by Gasteiger charge is 2.39. The lowest BCUT2D eigenvalue weighted by molar-refractivity contribution is 0.260. The number of hydrogen-bond donors (Lipinski definition) is 4. The third-order valence-electron chi connectivity index (χ3n) is 6.88. The summed E-state index contributed by atoms with van der Waals surface area (Å²) in [6.07, 6.45) is 5.89. The molecule has 0 bridgehead atoms. The molecular formula is C28H30BClN8. The van der Waals surface area contributed by atoms with Crippen LogP contribution in [0, 0.1) is 28.1 Å². The average Bonchev–Trinajstić information content (AvgIpc) is 3.61. The van der Waals surface area contributed by atoms with Crippen LogP contribution in [0.3, 0.4) is 0 Å². The molecule has 5 rings (SSSR count). The molecule has 1 atom stereocenters. The molecule has 0 radical (unpaired) electrons. The number of aromatic nitrogens is 1. The Hall–Kier alpha value is -3.92. The summed E-state index contributed by atoms with van der Waals surface area (Å²) in [5, 5.41) is 30.4. The maximum atomic E-state index is 10.0. The molecule has 1 saturated carbocycles. The quantitative estimate of drug-likeness (QED) is 0.338. The van der Waals surface area contributed by atoms with E-state index in [1.165, 1.54) is 6.20 Å². The lowest BCUT2D eigenvalue weighted by Crippen LogP contribution is -2.45. The van der Waals surface area contributed by atoms with E-state index in [0.29, 0.717) is 51.0 Å². The van der Waals surface area contributed by atoms with Gasteiger partial charge in [0.05, 0.1) is 33.5 Å². The van der Waals surface area contributed by atoms with Crippen LogP contribution in [0.5, 0.6) is 0 Å². The maximum Gasteiger partial charge on any atom is 0.148 e. The van der Waals surface area contributed by atoms with Crippen molar-refractivity contribution in [2.45, 2.75) is 45.1 Å². The van der Waals surface area contributed by atoms with Crippen molar-refractivity contribution in [3.63, 3.8) is 0 Å². The van der Waals surface area contributed by atoms with E-state index in [1.807, 2.05) is 30.3 Å². The van der Waals surface area contributed by atoms with Crippen LogP contribution in [-0.2, 0) is 5.44 Å². The fraction of sp³-hybridized carbons (Fsp3) is 0.321. The van der Waals surface area contributed by atoms with Gasteiger partial charge in [0, 0.05) is 41.1 Å². The second kappa shape index (κ2) is 9.76. The Morgan fingerprint density at radius 2 is 1.89 bits per heavy atom. The molecule has 1 aliphatic carbocycles. The minimum Gasteiger partial charge on any atom is -0.383 e. The first kappa shape index (κ1) is 25.7. The Morgan fingerprint density at radius 1 is 1.16 bits per heavy atom. The fourth-order valence-electron chi connectivity index (χ4n) is 4.66. The Morgan fingerprint density at radius 3 is 2.55 bits per heavy atom. The van der Waals surface area contributed by atoms with Crippen LogP contribution < -0.4 is 21.6 Å². The molecule has 1 fully saturated rings. The number of anilines is 2. The number of halogens is 1. The van der Waals surface area contributed by atoms with Crippen LogP contribution in [-0.4, -0.2) is 30.4 Å². The molecule has 0 amide bonds. The molecule has 4 N–H and O–H groups in total. The van der Waals surface area contributed by atoms with Crippen LogP contribution in [0.1, 0.15) is 50.3 Å². The van der Waals surface area contributed by atoms with Crippen molar-refractivity contribution in [3.05, 3.63) is 76.2 Å². The number of nitriles is 2. The molecule has 38 heavy (non-hydrogen) atoms. The maximum absolute atomic E-state index is 10.0. The standard InChI is InChI=1S/C28H30BClN8/c1-27(2,3)16-34-26-18(13-32)14-33-25-17(12-31)10-19(11-21(25)26)35-28(29,22-6-4-5-7-23(22)30)24-15-38(37-36-24)20-8-9-20/h4-7,10-11,14-15,20,35-37H,8-9,16,29H2,1-3H3,(H,33,34). The van der Waals surface area contributed by atoms with Crippen molar-refractivity contribution >= 4 is 41.7 Å². The molecule has 10 heteroatoms. The summed E-state index contributed by atoms with van der Waals surface area (Å²) in [6.45, 7) is 7.02.